The molecular weight excluding hydrogens is 572 g/mol. The fraction of sp³-hybridized carbons (Fsp3) is 0.514. The lowest BCUT2D eigenvalue weighted by atomic mass is 9.69. The molecule has 1 atom stereocenters. The lowest BCUT2D eigenvalue weighted by Crippen LogP contribution is -2.38. The second-order valence-electron chi connectivity index (χ2n) is 13.0. The zero-order valence-corrected chi connectivity index (χ0v) is 26.1. The minimum absolute atomic E-state index is 0.0441. The molecule has 1 heterocycles. The molecule has 2 aliphatic carbocycles. The molecule has 0 spiro atoms. The number of hydrogen-bond acceptors (Lipinski definition) is 5. The average molecular weight is 617 g/mol. The highest BCUT2D eigenvalue weighted by Crippen LogP contribution is 2.43. The molecule has 0 saturated heterocycles. The first kappa shape index (κ1) is 32.2. The highest BCUT2D eigenvalue weighted by molar-refractivity contribution is 6.22. The van der Waals surface area contributed by atoms with E-state index in [0.29, 0.717) is 16.8 Å². The minimum Gasteiger partial charge on any atom is -0.481 e. The maximum absolute atomic E-state index is 13.4. The van der Waals surface area contributed by atoms with Crippen LogP contribution in [0.25, 0.3) is 0 Å². The molecule has 2 fully saturated rings. The Bertz CT molecular complexity index is 1420. The highest BCUT2D eigenvalue weighted by Gasteiger charge is 2.37. The van der Waals surface area contributed by atoms with Crippen LogP contribution in [-0.4, -0.2) is 52.3 Å². The van der Waals surface area contributed by atoms with Crippen LogP contribution in [0.1, 0.15) is 121 Å². The third-order valence-electron chi connectivity index (χ3n) is 9.74. The van der Waals surface area contributed by atoms with Crippen LogP contribution in [0.5, 0.6) is 0 Å². The normalized spacial score (nSPS) is 20.9. The Hall–Kier alpha value is -4.21. The van der Waals surface area contributed by atoms with Crippen LogP contribution in [0.15, 0.2) is 42.5 Å². The van der Waals surface area contributed by atoms with Gasteiger partial charge in [-0.25, -0.2) is 4.79 Å². The predicted octanol–water partition coefficient (Wildman–Crippen LogP) is 6.15. The summed E-state index contributed by atoms with van der Waals surface area (Å²) in [7, 11) is 0. The molecule has 45 heavy (non-hydrogen) atoms. The number of fused-ring (bicyclic) bond motifs is 1. The van der Waals surface area contributed by atoms with E-state index in [-0.39, 0.29) is 54.3 Å². The molecule has 1 unspecified atom stereocenters. The van der Waals surface area contributed by atoms with Gasteiger partial charge in [-0.2, -0.15) is 0 Å². The number of urea groups is 1. The van der Waals surface area contributed by atoms with Crippen LogP contribution in [0.3, 0.4) is 0 Å². The molecule has 3 aliphatic rings. The first-order valence-electron chi connectivity index (χ1n) is 16.3. The lowest BCUT2D eigenvalue weighted by Gasteiger charge is -2.38. The fourth-order valence-electron chi connectivity index (χ4n) is 7.37. The molecule has 4 N–H and O–H groups in total. The molecular formula is C35H44N4O6. The summed E-state index contributed by atoms with van der Waals surface area (Å²) in [5.74, 6) is -0.283. The molecule has 240 valence electrons. The highest BCUT2D eigenvalue weighted by atomic mass is 16.4. The maximum atomic E-state index is 13.4. The SMILES string of the molecule is CC(C)N1C(=O)c2ccc(NC(=O)NC(c3ccc(C(=O)NCCC(=O)O)cc3)C3CCC(C4CCCCC4)CC3)cc2C1=O. The van der Waals surface area contributed by atoms with E-state index in [4.69, 9.17) is 5.11 Å². The molecule has 5 amide bonds. The Kier molecular flexibility index (Phi) is 10.2. The van der Waals surface area contributed by atoms with Crippen molar-refractivity contribution >= 4 is 35.4 Å². The Morgan fingerprint density at radius 2 is 1.49 bits per heavy atom. The van der Waals surface area contributed by atoms with E-state index in [1.165, 1.54) is 37.0 Å². The van der Waals surface area contributed by atoms with Crippen molar-refractivity contribution in [3.8, 4) is 0 Å². The first-order valence-corrected chi connectivity index (χ1v) is 16.3. The van der Waals surface area contributed by atoms with E-state index >= 15 is 0 Å². The van der Waals surface area contributed by atoms with E-state index in [1.807, 2.05) is 12.1 Å². The van der Waals surface area contributed by atoms with Gasteiger partial charge in [-0.15, -0.1) is 0 Å². The number of carboxylic acid groups (broad SMARTS) is 1. The number of benzene rings is 2. The van der Waals surface area contributed by atoms with Crippen LogP contribution in [0, 0.1) is 17.8 Å². The van der Waals surface area contributed by atoms with Gasteiger partial charge in [0.05, 0.1) is 23.6 Å². The van der Waals surface area contributed by atoms with Crippen LogP contribution >= 0.6 is 0 Å². The monoisotopic (exact) mass is 616 g/mol. The summed E-state index contributed by atoms with van der Waals surface area (Å²) in [6.45, 7) is 3.62. The summed E-state index contributed by atoms with van der Waals surface area (Å²) in [5.41, 5.74) is 2.34. The smallest absolute Gasteiger partial charge is 0.319 e. The number of nitrogens with zero attached hydrogens (tertiary/aromatic N) is 1. The Labute approximate surface area is 264 Å². The number of anilines is 1. The number of rotatable bonds is 10. The molecule has 2 saturated carbocycles. The summed E-state index contributed by atoms with van der Waals surface area (Å²) in [6.07, 6.45) is 10.7. The molecule has 0 radical (unpaired) electrons. The van der Waals surface area contributed by atoms with E-state index in [0.717, 1.165) is 43.1 Å². The number of aliphatic carboxylic acids is 1. The van der Waals surface area contributed by atoms with Crippen molar-refractivity contribution < 1.29 is 29.1 Å². The summed E-state index contributed by atoms with van der Waals surface area (Å²) >= 11 is 0. The number of carbonyl (C=O) groups excluding carboxylic acids is 4. The van der Waals surface area contributed by atoms with Crippen molar-refractivity contribution in [1.29, 1.82) is 0 Å². The number of hydrogen-bond donors (Lipinski definition) is 4. The van der Waals surface area contributed by atoms with Gasteiger partial charge in [-0.1, -0.05) is 44.2 Å². The van der Waals surface area contributed by atoms with Crippen LogP contribution in [0.2, 0.25) is 0 Å². The van der Waals surface area contributed by atoms with Crippen molar-refractivity contribution in [3.63, 3.8) is 0 Å². The lowest BCUT2D eigenvalue weighted by molar-refractivity contribution is -0.136. The molecule has 10 heteroatoms. The summed E-state index contributed by atoms with van der Waals surface area (Å²) in [5, 5.41) is 17.5. The molecule has 0 aromatic heterocycles. The largest absolute Gasteiger partial charge is 0.481 e. The van der Waals surface area contributed by atoms with E-state index in [1.54, 1.807) is 44.2 Å². The standard InChI is InChI=1S/C35H44N4O6/c1-21(2)39-33(43)28-17-16-27(20-29(28)34(39)44)37-35(45)38-31(24-10-8-23(9-11-24)22-6-4-3-5-7-22)25-12-14-26(15-13-25)32(42)36-19-18-30(40)41/h12-17,20-24,31H,3-11,18-19H2,1-2H3,(H,36,42)(H,40,41)(H2,37,38,45). The van der Waals surface area contributed by atoms with Crippen molar-refractivity contribution in [2.24, 2.45) is 17.8 Å². The topological polar surface area (TPSA) is 145 Å². The van der Waals surface area contributed by atoms with E-state index < -0.39 is 12.0 Å². The summed E-state index contributed by atoms with van der Waals surface area (Å²) < 4.78 is 0. The number of carboxylic acids is 1. The quantitative estimate of drug-likeness (QED) is 0.236. The van der Waals surface area contributed by atoms with Gasteiger partial charge in [0.2, 0.25) is 0 Å². The number of amides is 5. The second-order valence-corrected chi connectivity index (χ2v) is 13.0. The summed E-state index contributed by atoms with van der Waals surface area (Å²) in [6, 6.07) is 10.9. The molecule has 2 aromatic rings. The predicted molar refractivity (Wildman–Crippen MR) is 170 cm³/mol. The van der Waals surface area contributed by atoms with E-state index in [9.17, 15) is 24.0 Å². The number of nitrogens with one attached hydrogen (secondary N) is 3. The molecule has 0 bridgehead atoms. The second kappa shape index (κ2) is 14.3. The van der Waals surface area contributed by atoms with Gasteiger partial charge >= 0.3 is 12.0 Å². The average Bonchev–Trinajstić information content (AvgIpc) is 3.29. The van der Waals surface area contributed by atoms with Crippen molar-refractivity contribution in [2.75, 3.05) is 11.9 Å². The Morgan fingerprint density at radius 3 is 2.13 bits per heavy atom. The van der Waals surface area contributed by atoms with Crippen LogP contribution in [-0.2, 0) is 4.79 Å². The number of carbonyl (C=O) groups is 5. The fourth-order valence-corrected chi connectivity index (χ4v) is 7.37. The summed E-state index contributed by atoms with van der Waals surface area (Å²) in [4.78, 5) is 63.5. The van der Waals surface area contributed by atoms with Gasteiger partial charge in [-0.3, -0.25) is 24.1 Å². The van der Waals surface area contributed by atoms with Crippen molar-refractivity contribution in [3.05, 3.63) is 64.7 Å². The van der Waals surface area contributed by atoms with Gasteiger partial charge in [0, 0.05) is 23.8 Å². The van der Waals surface area contributed by atoms with Crippen LogP contribution in [0.4, 0.5) is 10.5 Å². The molecule has 5 rings (SSSR count). The molecule has 10 nitrogen and oxygen atoms in total. The van der Waals surface area contributed by atoms with Gasteiger partial charge < -0.3 is 21.1 Å². The molecule has 1 aliphatic heterocycles. The van der Waals surface area contributed by atoms with Crippen molar-refractivity contribution in [1.82, 2.24) is 15.5 Å². The van der Waals surface area contributed by atoms with E-state index in [2.05, 4.69) is 16.0 Å². The Morgan fingerprint density at radius 1 is 0.844 bits per heavy atom. The van der Waals surface area contributed by atoms with Crippen molar-refractivity contribution in [2.45, 2.75) is 90.1 Å². The first-order chi connectivity index (χ1) is 21.6. The number of imide groups is 1. The van der Waals surface area contributed by atoms with Gasteiger partial charge in [0.25, 0.3) is 17.7 Å². The third kappa shape index (κ3) is 7.54. The maximum Gasteiger partial charge on any atom is 0.319 e. The van der Waals surface area contributed by atoms with Gasteiger partial charge in [-0.05, 0) is 93.2 Å². The minimum atomic E-state index is -0.978. The third-order valence-corrected chi connectivity index (χ3v) is 9.74. The van der Waals surface area contributed by atoms with Gasteiger partial charge in [0.15, 0.2) is 0 Å². The Balaban J connectivity index is 1.29. The van der Waals surface area contributed by atoms with Gasteiger partial charge in [0.1, 0.15) is 0 Å². The zero-order valence-electron chi connectivity index (χ0n) is 26.1. The van der Waals surface area contributed by atoms with Crippen LogP contribution < -0.4 is 16.0 Å². The zero-order chi connectivity index (χ0) is 32.1. The molecule has 2 aromatic carbocycles.